The van der Waals surface area contributed by atoms with Gasteiger partial charge in [0.15, 0.2) is 10.7 Å². The summed E-state index contributed by atoms with van der Waals surface area (Å²) >= 11 is 5.24. The van der Waals surface area contributed by atoms with Crippen LogP contribution in [0.1, 0.15) is 22.3 Å². The molecular weight excluding hydrogens is 382 g/mol. The van der Waals surface area contributed by atoms with Crippen molar-refractivity contribution in [2.24, 2.45) is 0 Å². The quantitative estimate of drug-likeness (QED) is 0.388. The Labute approximate surface area is 175 Å². The number of hydrogen-bond donors (Lipinski definition) is 4. The maximum absolute atomic E-state index is 13.0. The van der Waals surface area contributed by atoms with Crippen molar-refractivity contribution in [3.8, 4) is 0 Å². The topological polar surface area (TPSA) is 73.4 Å². The number of amides is 1. The Balaban J connectivity index is 1.67. The molecule has 148 valence electrons. The van der Waals surface area contributed by atoms with E-state index >= 15 is 0 Å². The Hall–Kier alpha value is -3.22. The van der Waals surface area contributed by atoms with Gasteiger partial charge in [0, 0.05) is 6.54 Å². The fourth-order valence-corrected chi connectivity index (χ4v) is 3.05. The van der Waals surface area contributed by atoms with Gasteiger partial charge in [0.2, 0.25) is 0 Å². The minimum absolute atomic E-state index is 0.252. The van der Waals surface area contributed by atoms with E-state index in [-0.39, 0.29) is 5.11 Å². The monoisotopic (exact) mass is 405 g/mol. The molecule has 0 spiro atoms. The third-order valence-corrected chi connectivity index (χ3v) is 4.82. The van der Waals surface area contributed by atoms with Crippen LogP contribution >= 0.6 is 12.2 Å². The first kappa shape index (κ1) is 20.5. The van der Waals surface area contributed by atoms with E-state index in [1.807, 2.05) is 43.3 Å². The van der Waals surface area contributed by atoms with E-state index in [0.717, 1.165) is 5.56 Å². The number of hydrazine groups is 1. The first-order chi connectivity index (χ1) is 14.0. The Kier molecular flexibility index (Phi) is 6.59. The van der Waals surface area contributed by atoms with Crippen molar-refractivity contribution in [1.82, 2.24) is 16.2 Å². The molecule has 6 heteroatoms. The van der Waals surface area contributed by atoms with Crippen molar-refractivity contribution in [3.63, 3.8) is 0 Å². The molecule has 5 nitrogen and oxygen atoms in total. The lowest BCUT2D eigenvalue weighted by Crippen LogP contribution is -2.54. The highest BCUT2D eigenvalue weighted by molar-refractivity contribution is 7.80. The smallest absolute Gasteiger partial charge is 0.279 e. The average molecular weight is 406 g/mol. The lowest BCUT2D eigenvalue weighted by atomic mass is 9.85. The summed E-state index contributed by atoms with van der Waals surface area (Å²) in [5.41, 5.74) is 6.51. The number of nitrogens with one attached hydrogen (secondary N) is 3. The summed E-state index contributed by atoms with van der Waals surface area (Å²) in [7, 11) is 0. The van der Waals surface area contributed by atoms with Gasteiger partial charge in [-0.1, -0.05) is 90.5 Å². The molecule has 0 fully saturated rings. The lowest BCUT2D eigenvalue weighted by molar-refractivity contribution is -0.137. The van der Waals surface area contributed by atoms with Crippen molar-refractivity contribution in [2.45, 2.75) is 19.1 Å². The predicted octanol–water partition coefficient (Wildman–Crippen LogP) is 2.93. The van der Waals surface area contributed by atoms with Crippen LogP contribution in [0, 0.1) is 6.92 Å². The number of benzene rings is 3. The average Bonchev–Trinajstić information content (AvgIpc) is 2.77. The second-order valence-electron chi connectivity index (χ2n) is 6.69. The minimum atomic E-state index is -1.86. The van der Waals surface area contributed by atoms with Gasteiger partial charge in [-0.2, -0.15) is 0 Å². The molecule has 4 N–H and O–H groups in total. The SMILES string of the molecule is Cc1ccc(CNC(=S)NNC(=O)C(O)(c2ccccc2)c2ccccc2)cc1. The van der Waals surface area contributed by atoms with Crippen molar-refractivity contribution in [3.05, 3.63) is 107 Å². The molecule has 3 aromatic carbocycles. The van der Waals surface area contributed by atoms with Crippen LogP contribution in [0.4, 0.5) is 0 Å². The largest absolute Gasteiger partial charge is 0.372 e. The molecule has 29 heavy (non-hydrogen) atoms. The molecule has 0 aliphatic carbocycles. The maximum Gasteiger partial charge on any atom is 0.279 e. The van der Waals surface area contributed by atoms with Crippen LogP contribution in [-0.2, 0) is 16.9 Å². The van der Waals surface area contributed by atoms with E-state index in [1.165, 1.54) is 5.56 Å². The van der Waals surface area contributed by atoms with Crippen LogP contribution in [0.5, 0.6) is 0 Å². The molecule has 0 aliphatic rings. The second-order valence-corrected chi connectivity index (χ2v) is 7.10. The van der Waals surface area contributed by atoms with Crippen LogP contribution in [0.3, 0.4) is 0 Å². The van der Waals surface area contributed by atoms with Crippen LogP contribution in [0.15, 0.2) is 84.9 Å². The van der Waals surface area contributed by atoms with Crippen molar-refractivity contribution >= 4 is 23.2 Å². The fraction of sp³-hybridized carbons (Fsp3) is 0.130. The number of thiocarbonyl (C=S) groups is 1. The molecule has 0 bridgehead atoms. The summed E-state index contributed by atoms with van der Waals surface area (Å²) in [6.07, 6.45) is 0. The van der Waals surface area contributed by atoms with E-state index in [4.69, 9.17) is 12.2 Å². The molecule has 3 aromatic rings. The third-order valence-electron chi connectivity index (χ3n) is 4.57. The van der Waals surface area contributed by atoms with Crippen LogP contribution in [0.2, 0.25) is 0 Å². The fourth-order valence-electron chi connectivity index (χ4n) is 2.92. The Morgan fingerprint density at radius 1 is 0.862 bits per heavy atom. The van der Waals surface area contributed by atoms with Gasteiger partial charge in [-0.25, -0.2) is 0 Å². The van der Waals surface area contributed by atoms with Gasteiger partial charge in [0.25, 0.3) is 5.91 Å². The first-order valence-corrected chi connectivity index (χ1v) is 9.64. The maximum atomic E-state index is 13.0. The van der Waals surface area contributed by atoms with Gasteiger partial charge in [0.05, 0.1) is 0 Å². The van der Waals surface area contributed by atoms with Gasteiger partial charge in [-0.3, -0.25) is 15.6 Å². The van der Waals surface area contributed by atoms with E-state index in [1.54, 1.807) is 48.5 Å². The molecule has 0 unspecified atom stereocenters. The summed E-state index contributed by atoms with van der Waals surface area (Å²) in [5, 5.41) is 14.6. The molecule has 0 saturated heterocycles. The zero-order valence-electron chi connectivity index (χ0n) is 16.1. The highest BCUT2D eigenvalue weighted by atomic mass is 32.1. The van der Waals surface area contributed by atoms with E-state index in [0.29, 0.717) is 17.7 Å². The zero-order valence-corrected chi connectivity index (χ0v) is 16.9. The molecule has 3 rings (SSSR count). The molecule has 0 aromatic heterocycles. The Bertz CT molecular complexity index is 921. The highest BCUT2D eigenvalue weighted by Crippen LogP contribution is 2.29. The lowest BCUT2D eigenvalue weighted by Gasteiger charge is -2.28. The summed E-state index contributed by atoms with van der Waals surface area (Å²) in [6.45, 7) is 2.54. The van der Waals surface area contributed by atoms with Crippen LogP contribution in [0.25, 0.3) is 0 Å². The van der Waals surface area contributed by atoms with Crippen LogP contribution in [-0.4, -0.2) is 16.1 Å². The standard InChI is InChI=1S/C23H23N3O2S/c1-17-12-14-18(15-13-17)16-24-22(29)26-25-21(27)23(28,19-8-4-2-5-9-19)20-10-6-3-7-11-20/h2-15,28H,16H2,1H3,(H,25,27)(H2,24,26,29). The number of aliphatic hydroxyl groups is 1. The molecule has 0 radical (unpaired) electrons. The molecule has 0 aliphatic heterocycles. The minimum Gasteiger partial charge on any atom is -0.372 e. The Morgan fingerprint density at radius 3 is 1.90 bits per heavy atom. The molecule has 0 saturated carbocycles. The first-order valence-electron chi connectivity index (χ1n) is 9.23. The zero-order chi connectivity index (χ0) is 20.7. The molecule has 0 heterocycles. The molecule has 0 atom stereocenters. The van der Waals surface area contributed by atoms with Gasteiger partial charge in [0.1, 0.15) is 0 Å². The number of carbonyl (C=O) groups excluding carboxylic acids is 1. The highest BCUT2D eigenvalue weighted by Gasteiger charge is 2.40. The number of carbonyl (C=O) groups is 1. The van der Waals surface area contributed by atoms with Crippen molar-refractivity contribution in [2.75, 3.05) is 0 Å². The summed E-state index contributed by atoms with van der Waals surface area (Å²) in [5.74, 6) is -0.630. The van der Waals surface area contributed by atoms with E-state index < -0.39 is 11.5 Å². The number of hydrogen-bond acceptors (Lipinski definition) is 3. The van der Waals surface area contributed by atoms with E-state index in [9.17, 15) is 9.90 Å². The Morgan fingerprint density at radius 2 is 1.38 bits per heavy atom. The van der Waals surface area contributed by atoms with Crippen molar-refractivity contribution in [1.29, 1.82) is 0 Å². The molecular formula is C23H23N3O2S. The van der Waals surface area contributed by atoms with Gasteiger partial charge in [-0.15, -0.1) is 0 Å². The van der Waals surface area contributed by atoms with Crippen LogP contribution < -0.4 is 16.2 Å². The third kappa shape index (κ3) is 4.99. The summed E-state index contributed by atoms with van der Waals surface area (Å²) in [6, 6.07) is 25.7. The summed E-state index contributed by atoms with van der Waals surface area (Å²) in [4.78, 5) is 13.0. The van der Waals surface area contributed by atoms with Gasteiger partial charge in [-0.05, 0) is 35.8 Å². The van der Waals surface area contributed by atoms with Crippen molar-refractivity contribution < 1.29 is 9.90 Å². The van der Waals surface area contributed by atoms with E-state index in [2.05, 4.69) is 16.2 Å². The number of aryl methyl sites for hydroxylation is 1. The summed E-state index contributed by atoms with van der Waals surface area (Å²) < 4.78 is 0. The normalized spacial score (nSPS) is 10.8. The predicted molar refractivity (Wildman–Crippen MR) is 118 cm³/mol. The molecule has 1 amide bonds. The van der Waals surface area contributed by atoms with Gasteiger partial charge >= 0.3 is 0 Å². The van der Waals surface area contributed by atoms with Gasteiger partial charge < -0.3 is 10.4 Å². The second kappa shape index (κ2) is 9.32. The number of rotatable bonds is 5.